The van der Waals surface area contributed by atoms with E-state index in [2.05, 4.69) is 31.7 Å². The number of carbonyl (C=O) groups excluding carboxylic acids is 1. The van der Waals surface area contributed by atoms with E-state index in [1.165, 1.54) is 0 Å². The highest BCUT2D eigenvalue weighted by molar-refractivity contribution is 6.08. The van der Waals surface area contributed by atoms with Crippen LogP contribution in [0.5, 0.6) is 0 Å². The van der Waals surface area contributed by atoms with Gasteiger partial charge in [0.2, 0.25) is 0 Å². The van der Waals surface area contributed by atoms with Crippen molar-refractivity contribution in [2.75, 3.05) is 33.2 Å². The topological polar surface area (TPSA) is 70.1 Å². The zero-order valence-corrected chi connectivity index (χ0v) is 17.2. The third-order valence-electron chi connectivity index (χ3n) is 6.53. The highest BCUT2D eigenvalue weighted by Gasteiger charge is 2.29. The second kappa shape index (κ2) is 7.30. The average Bonchev–Trinajstić information content (AvgIpc) is 3.21. The smallest absolute Gasteiger partial charge is 0.256 e. The van der Waals surface area contributed by atoms with Crippen molar-refractivity contribution in [2.45, 2.75) is 38.6 Å². The zero-order chi connectivity index (χ0) is 20.0. The number of likely N-dealkylation sites (tertiary alicyclic amines) is 1. The summed E-state index contributed by atoms with van der Waals surface area (Å²) >= 11 is 0. The molecule has 0 aliphatic carbocycles. The minimum Gasteiger partial charge on any atom is -0.358 e. The van der Waals surface area contributed by atoms with Gasteiger partial charge in [0.25, 0.3) is 5.91 Å². The Labute approximate surface area is 170 Å². The Hall–Kier alpha value is -2.67. The summed E-state index contributed by atoms with van der Waals surface area (Å²) in [6, 6.07) is 8.03. The van der Waals surface area contributed by atoms with Crippen molar-refractivity contribution in [3.63, 3.8) is 0 Å². The lowest BCUT2D eigenvalue weighted by Crippen LogP contribution is -2.34. The molecular weight excluding hydrogens is 364 g/mol. The average molecular weight is 393 g/mol. The van der Waals surface area contributed by atoms with Gasteiger partial charge in [-0.15, -0.1) is 10.2 Å². The van der Waals surface area contributed by atoms with Crippen LogP contribution in [-0.2, 0) is 13.0 Å². The van der Waals surface area contributed by atoms with E-state index in [1.54, 1.807) is 0 Å². The number of carbonyl (C=O) groups is 1. The Balaban J connectivity index is 1.37. The summed E-state index contributed by atoms with van der Waals surface area (Å²) in [6.07, 6.45) is 3.02. The van der Waals surface area contributed by atoms with Crippen LogP contribution >= 0.6 is 0 Å². The van der Waals surface area contributed by atoms with Gasteiger partial charge in [-0.05, 0) is 46.0 Å². The Morgan fingerprint density at radius 3 is 2.69 bits per heavy atom. The van der Waals surface area contributed by atoms with Crippen LogP contribution in [0, 0.1) is 6.92 Å². The fourth-order valence-corrected chi connectivity index (χ4v) is 4.83. The van der Waals surface area contributed by atoms with Crippen molar-refractivity contribution in [3.05, 3.63) is 47.2 Å². The molecule has 3 aromatic rings. The third kappa shape index (κ3) is 3.23. The first-order valence-electron chi connectivity index (χ1n) is 10.6. The summed E-state index contributed by atoms with van der Waals surface area (Å²) in [5.41, 5.74) is 2.76. The number of aryl methyl sites for hydroxylation is 1. The molecule has 1 saturated heterocycles. The molecule has 4 heterocycles. The summed E-state index contributed by atoms with van der Waals surface area (Å²) in [4.78, 5) is 21.1. The molecule has 152 valence electrons. The van der Waals surface area contributed by atoms with Gasteiger partial charge in [-0.1, -0.05) is 18.2 Å². The van der Waals surface area contributed by atoms with Crippen molar-refractivity contribution in [3.8, 4) is 0 Å². The first-order chi connectivity index (χ1) is 14.1. The van der Waals surface area contributed by atoms with Crippen LogP contribution in [0.25, 0.3) is 10.9 Å². The molecule has 0 bridgehead atoms. The molecule has 0 spiro atoms. The van der Waals surface area contributed by atoms with E-state index in [-0.39, 0.29) is 5.91 Å². The number of H-pyrrole nitrogens is 1. The highest BCUT2D eigenvalue weighted by Crippen LogP contribution is 2.28. The Morgan fingerprint density at radius 2 is 1.86 bits per heavy atom. The Bertz CT molecular complexity index is 1040. The monoisotopic (exact) mass is 392 g/mol. The molecule has 0 radical (unpaired) electrons. The predicted octanol–water partition coefficient (Wildman–Crippen LogP) is 2.58. The zero-order valence-electron chi connectivity index (χ0n) is 17.2. The van der Waals surface area contributed by atoms with Crippen LogP contribution in [0.3, 0.4) is 0 Å². The van der Waals surface area contributed by atoms with Gasteiger partial charge in [-0.3, -0.25) is 4.79 Å². The minimum atomic E-state index is 0.111. The van der Waals surface area contributed by atoms with Crippen LogP contribution in [0.15, 0.2) is 24.3 Å². The molecule has 7 heteroatoms. The molecule has 7 nitrogen and oxygen atoms in total. The van der Waals surface area contributed by atoms with Gasteiger partial charge in [0.1, 0.15) is 11.6 Å². The fraction of sp³-hybridized carbons (Fsp3) is 0.500. The lowest BCUT2D eigenvalue weighted by molar-refractivity contribution is 0.0760. The van der Waals surface area contributed by atoms with Crippen molar-refractivity contribution in [2.24, 2.45) is 0 Å². The van der Waals surface area contributed by atoms with Gasteiger partial charge in [-0.25, -0.2) is 0 Å². The lowest BCUT2D eigenvalue weighted by Gasteiger charge is -2.28. The molecule has 29 heavy (non-hydrogen) atoms. The van der Waals surface area contributed by atoms with Gasteiger partial charge in [0, 0.05) is 48.6 Å². The molecule has 2 aromatic heterocycles. The number of aromatic amines is 1. The Kier molecular flexibility index (Phi) is 4.62. The maximum atomic E-state index is 13.4. The van der Waals surface area contributed by atoms with Crippen LogP contribution in [0.4, 0.5) is 0 Å². The van der Waals surface area contributed by atoms with E-state index in [0.717, 1.165) is 72.7 Å². The van der Waals surface area contributed by atoms with Gasteiger partial charge in [0.05, 0.1) is 5.56 Å². The normalized spacial score (nSPS) is 18.8. The van der Waals surface area contributed by atoms with Crippen molar-refractivity contribution < 1.29 is 4.79 Å². The molecule has 2 aliphatic heterocycles. The van der Waals surface area contributed by atoms with Crippen LogP contribution in [-0.4, -0.2) is 68.7 Å². The predicted molar refractivity (Wildman–Crippen MR) is 112 cm³/mol. The molecule has 0 atom stereocenters. The first-order valence-corrected chi connectivity index (χ1v) is 10.6. The molecule has 1 N–H and O–H groups in total. The van der Waals surface area contributed by atoms with Crippen molar-refractivity contribution >= 4 is 16.8 Å². The number of fused-ring (bicyclic) bond motifs is 2. The summed E-state index contributed by atoms with van der Waals surface area (Å²) in [5.74, 6) is 2.72. The molecule has 1 aromatic carbocycles. The SMILES string of the molecule is Cc1[nH]c2ccccc2c1C(=O)N1CCc2nnc(C3CCN(C)CC3)n2CC1. The van der Waals surface area contributed by atoms with Crippen LogP contribution in [0.1, 0.15) is 46.5 Å². The van der Waals surface area contributed by atoms with Gasteiger partial charge in [0.15, 0.2) is 0 Å². The number of nitrogens with zero attached hydrogens (tertiary/aromatic N) is 5. The van der Waals surface area contributed by atoms with Gasteiger partial charge >= 0.3 is 0 Å². The van der Waals surface area contributed by atoms with E-state index in [9.17, 15) is 4.79 Å². The maximum absolute atomic E-state index is 13.4. The quantitative estimate of drug-likeness (QED) is 0.728. The molecule has 2 aliphatic rings. The molecule has 1 fully saturated rings. The van der Waals surface area contributed by atoms with E-state index in [0.29, 0.717) is 19.0 Å². The molecular formula is C22H28N6O. The van der Waals surface area contributed by atoms with Gasteiger partial charge in [-0.2, -0.15) is 0 Å². The van der Waals surface area contributed by atoms with Crippen LogP contribution < -0.4 is 0 Å². The number of hydrogen-bond donors (Lipinski definition) is 1. The summed E-state index contributed by atoms with van der Waals surface area (Å²) in [7, 11) is 2.18. The second-order valence-corrected chi connectivity index (χ2v) is 8.42. The summed E-state index contributed by atoms with van der Waals surface area (Å²) < 4.78 is 2.28. The second-order valence-electron chi connectivity index (χ2n) is 8.42. The molecule has 5 rings (SSSR count). The number of rotatable bonds is 2. The largest absolute Gasteiger partial charge is 0.358 e. The molecule has 1 amide bonds. The van der Waals surface area contributed by atoms with Crippen molar-refractivity contribution in [1.82, 2.24) is 29.5 Å². The summed E-state index contributed by atoms with van der Waals surface area (Å²) in [6.45, 7) is 6.36. The number of para-hydroxylation sites is 1. The number of amides is 1. The minimum absolute atomic E-state index is 0.111. The number of nitrogens with one attached hydrogen (secondary N) is 1. The number of aromatic nitrogens is 4. The fourth-order valence-electron chi connectivity index (χ4n) is 4.83. The lowest BCUT2D eigenvalue weighted by atomic mass is 9.96. The van der Waals surface area contributed by atoms with E-state index in [4.69, 9.17) is 0 Å². The maximum Gasteiger partial charge on any atom is 0.256 e. The van der Waals surface area contributed by atoms with E-state index in [1.807, 2.05) is 36.1 Å². The first kappa shape index (κ1) is 18.4. The molecule has 0 unspecified atom stereocenters. The molecule has 0 saturated carbocycles. The standard InChI is InChI=1S/C22H28N6O/c1-15-20(17-5-3-4-6-18(17)23-15)22(29)27-12-9-19-24-25-21(28(19)14-13-27)16-7-10-26(2)11-8-16/h3-6,16,23H,7-14H2,1-2H3. The van der Waals surface area contributed by atoms with E-state index >= 15 is 0 Å². The highest BCUT2D eigenvalue weighted by atomic mass is 16.2. The Morgan fingerprint density at radius 1 is 1.07 bits per heavy atom. The van der Waals surface area contributed by atoms with Crippen molar-refractivity contribution in [1.29, 1.82) is 0 Å². The third-order valence-corrected chi connectivity index (χ3v) is 6.53. The number of benzene rings is 1. The van der Waals surface area contributed by atoms with E-state index < -0.39 is 0 Å². The van der Waals surface area contributed by atoms with Crippen LogP contribution in [0.2, 0.25) is 0 Å². The van der Waals surface area contributed by atoms with Gasteiger partial charge < -0.3 is 19.4 Å². The number of hydrogen-bond acceptors (Lipinski definition) is 4. The summed E-state index contributed by atoms with van der Waals surface area (Å²) in [5, 5.41) is 10.0. The number of piperidine rings is 1.